The molecule has 0 aliphatic carbocycles. The van der Waals surface area contributed by atoms with E-state index >= 15 is 0 Å². The smallest absolute Gasteiger partial charge is 0.270 e. The van der Waals surface area contributed by atoms with E-state index in [9.17, 15) is 9.90 Å². The van der Waals surface area contributed by atoms with Gasteiger partial charge in [-0.25, -0.2) is 4.98 Å². The summed E-state index contributed by atoms with van der Waals surface area (Å²) < 4.78 is 0. The second-order valence-corrected chi connectivity index (χ2v) is 5.94. The van der Waals surface area contributed by atoms with Crippen LogP contribution in [0.15, 0.2) is 47.2 Å². The van der Waals surface area contributed by atoms with Crippen molar-refractivity contribution >= 4 is 39.6 Å². The standard InChI is InChI=1S/C16H13ClN2O2S/c17-15-12-4-2-1-3-10(12)7-13(19-15)16(21)18-8-14(20)11-5-6-22-9-11/h1-7,9,14,20H,8H2,(H,18,21). The molecule has 1 amide bonds. The molecule has 1 atom stereocenters. The van der Waals surface area contributed by atoms with Crippen molar-refractivity contribution in [3.8, 4) is 0 Å². The van der Waals surface area contributed by atoms with Gasteiger partial charge in [0, 0.05) is 11.9 Å². The number of aromatic nitrogens is 1. The highest BCUT2D eigenvalue weighted by Crippen LogP contribution is 2.22. The second kappa shape index (κ2) is 6.44. The number of rotatable bonds is 4. The third kappa shape index (κ3) is 3.11. The zero-order valence-electron chi connectivity index (χ0n) is 11.5. The summed E-state index contributed by atoms with van der Waals surface area (Å²) >= 11 is 7.61. The van der Waals surface area contributed by atoms with Crippen LogP contribution in [0.4, 0.5) is 0 Å². The number of halogens is 1. The third-order valence-corrected chi connectivity index (χ3v) is 4.30. The predicted octanol–water partition coefficient (Wildman–Crippen LogP) is 3.41. The first-order chi connectivity index (χ1) is 10.6. The molecule has 1 unspecified atom stereocenters. The second-order valence-electron chi connectivity index (χ2n) is 4.80. The van der Waals surface area contributed by atoms with E-state index in [0.29, 0.717) is 5.15 Å². The van der Waals surface area contributed by atoms with Crippen molar-refractivity contribution in [2.45, 2.75) is 6.10 Å². The molecule has 6 heteroatoms. The number of carbonyl (C=O) groups is 1. The average Bonchev–Trinajstić information content (AvgIpc) is 3.06. The summed E-state index contributed by atoms with van der Waals surface area (Å²) in [6.45, 7) is 0.127. The van der Waals surface area contributed by atoms with Gasteiger partial charge in [0.25, 0.3) is 5.91 Å². The first-order valence-electron chi connectivity index (χ1n) is 6.69. The molecule has 0 aliphatic heterocycles. The fourth-order valence-electron chi connectivity index (χ4n) is 2.13. The molecular formula is C16H13ClN2O2S. The van der Waals surface area contributed by atoms with E-state index in [0.717, 1.165) is 16.3 Å². The Morgan fingerprint density at radius 2 is 2.18 bits per heavy atom. The fraction of sp³-hybridized carbons (Fsp3) is 0.125. The van der Waals surface area contributed by atoms with E-state index < -0.39 is 6.10 Å². The molecule has 2 aromatic heterocycles. The van der Waals surface area contributed by atoms with Crippen LogP contribution in [0, 0.1) is 0 Å². The van der Waals surface area contributed by atoms with Crippen LogP contribution in [0.1, 0.15) is 22.2 Å². The molecule has 0 radical (unpaired) electrons. The van der Waals surface area contributed by atoms with E-state index in [4.69, 9.17) is 11.6 Å². The molecule has 1 aromatic carbocycles. The number of amides is 1. The topological polar surface area (TPSA) is 62.2 Å². The van der Waals surface area contributed by atoms with Crippen molar-refractivity contribution in [2.75, 3.05) is 6.54 Å². The van der Waals surface area contributed by atoms with Gasteiger partial charge in [0.2, 0.25) is 0 Å². The minimum atomic E-state index is -0.730. The van der Waals surface area contributed by atoms with Crippen LogP contribution in [-0.4, -0.2) is 22.5 Å². The van der Waals surface area contributed by atoms with Gasteiger partial charge < -0.3 is 10.4 Å². The third-order valence-electron chi connectivity index (χ3n) is 3.31. The lowest BCUT2D eigenvalue weighted by Crippen LogP contribution is -2.29. The monoisotopic (exact) mass is 332 g/mol. The van der Waals surface area contributed by atoms with Crippen molar-refractivity contribution in [1.82, 2.24) is 10.3 Å². The Hall–Kier alpha value is -1.95. The van der Waals surface area contributed by atoms with Gasteiger partial charge in [0.05, 0.1) is 6.10 Å². The number of hydrogen-bond acceptors (Lipinski definition) is 4. The maximum Gasteiger partial charge on any atom is 0.270 e. The lowest BCUT2D eigenvalue weighted by Gasteiger charge is -2.11. The summed E-state index contributed by atoms with van der Waals surface area (Å²) in [6.07, 6.45) is -0.730. The van der Waals surface area contributed by atoms with Crippen molar-refractivity contribution in [2.24, 2.45) is 0 Å². The molecule has 0 bridgehead atoms. The van der Waals surface area contributed by atoms with Crippen LogP contribution in [0.2, 0.25) is 5.15 Å². The molecule has 4 nitrogen and oxygen atoms in total. The van der Waals surface area contributed by atoms with Crippen LogP contribution in [0.3, 0.4) is 0 Å². The number of thiophene rings is 1. The van der Waals surface area contributed by atoms with E-state index in [1.165, 1.54) is 11.3 Å². The first-order valence-corrected chi connectivity index (χ1v) is 8.01. The maximum atomic E-state index is 12.2. The van der Waals surface area contributed by atoms with Crippen LogP contribution in [0.5, 0.6) is 0 Å². The average molecular weight is 333 g/mol. The predicted molar refractivity (Wildman–Crippen MR) is 88.4 cm³/mol. The highest BCUT2D eigenvalue weighted by Gasteiger charge is 2.14. The van der Waals surface area contributed by atoms with Gasteiger partial charge in [-0.2, -0.15) is 11.3 Å². The zero-order valence-corrected chi connectivity index (χ0v) is 13.1. The lowest BCUT2D eigenvalue weighted by molar-refractivity contribution is 0.0912. The number of hydrogen-bond donors (Lipinski definition) is 2. The van der Waals surface area contributed by atoms with Crippen LogP contribution >= 0.6 is 22.9 Å². The molecule has 22 heavy (non-hydrogen) atoms. The summed E-state index contributed by atoms with van der Waals surface area (Å²) in [5.74, 6) is -0.359. The van der Waals surface area contributed by atoms with Gasteiger partial charge in [-0.15, -0.1) is 0 Å². The molecule has 2 heterocycles. The molecule has 3 rings (SSSR count). The van der Waals surface area contributed by atoms with Gasteiger partial charge in [-0.05, 0) is 33.8 Å². The summed E-state index contributed by atoms with van der Waals surface area (Å²) in [5.41, 5.74) is 1.02. The number of nitrogens with zero attached hydrogens (tertiary/aromatic N) is 1. The molecule has 112 valence electrons. The van der Waals surface area contributed by atoms with Crippen molar-refractivity contribution in [3.63, 3.8) is 0 Å². The number of nitrogens with one attached hydrogen (secondary N) is 1. The number of aliphatic hydroxyl groups is 1. The molecule has 0 spiro atoms. The van der Waals surface area contributed by atoms with Gasteiger partial charge in [-0.3, -0.25) is 4.79 Å². The highest BCUT2D eigenvalue weighted by molar-refractivity contribution is 7.07. The Morgan fingerprint density at radius 1 is 1.36 bits per heavy atom. The lowest BCUT2D eigenvalue weighted by atomic mass is 10.1. The maximum absolute atomic E-state index is 12.2. The zero-order chi connectivity index (χ0) is 15.5. The summed E-state index contributed by atoms with van der Waals surface area (Å²) in [4.78, 5) is 16.3. The minimum absolute atomic E-state index is 0.127. The van der Waals surface area contributed by atoms with Crippen LogP contribution in [-0.2, 0) is 0 Å². The van der Waals surface area contributed by atoms with Crippen LogP contribution in [0.25, 0.3) is 10.8 Å². The van der Waals surface area contributed by atoms with Crippen molar-refractivity contribution in [3.05, 3.63) is 63.6 Å². The fourth-order valence-corrected chi connectivity index (χ4v) is 3.11. The minimum Gasteiger partial charge on any atom is -0.387 e. The Balaban J connectivity index is 1.75. The Bertz CT molecular complexity index is 805. The molecular weight excluding hydrogens is 320 g/mol. The highest BCUT2D eigenvalue weighted by atomic mass is 35.5. The largest absolute Gasteiger partial charge is 0.387 e. The van der Waals surface area contributed by atoms with E-state index in [-0.39, 0.29) is 18.1 Å². The summed E-state index contributed by atoms with van der Waals surface area (Å²) in [7, 11) is 0. The molecule has 0 saturated heterocycles. The van der Waals surface area contributed by atoms with Gasteiger partial charge >= 0.3 is 0 Å². The van der Waals surface area contributed by atoms with Gasteiger partial charge in [-0.1, -0.05) is 35.9 Å². The number of fused-ring (bicyclic) bond motifs is 1. The number of benzene rings is 1. The Kier molecular flexibility index (Phi) is 4.38. The molecule has 2 N–H and O–H groups in total. The molecule has 0 saturated carbocycles. The van der Waals surface area contributed by atoms with Crippen LogP contribution < -0.4 is 5.32 Å². The normalized spacial score (nSPS) is 12.3. The summed E-state index contributed by atoms with van der Waals surface area (Å²) in [6, 6.07) is 11.0. The quantitative estimate of drug-likeness (QED) is 0.720. The Labute approximate surface area is 136 Å². The van der Waals surface area contributed by atoms with E-state index in [1.54, 1.807) is 6.07 Å². The number of pyridine rings is 1. The summed E-state index contributed by atoms with van der Waals surface area (Å²) in [5, 5.41) is 18.3. The molecule has 0 fully saturated rings. The molecule has 0 aliphatic rings. The SMILES string of the molecule is O=C(NCC(O)c1ccsc1)c1cc2ccccc2c(Cl)n1. The number of aliphatic hydroxyl groups excluding tert-OH is 1. The first kappa shape index (κ1) is 15.0. The molecule has 3 aromatic rings. The van der Waals surface area contributed by atoms with E-state index in [2.05, 4.69) is 10.3 Å². The van der Waals surface area contributed by atoms with Crippen molar-refractivity contribution < 1.29 is 9.90 Å². The number of carbonyl (C=O) groups excluding carboxylic acids is 1. The van der Waals surface area contributed by atoms with Gasteiger partial charge in [0.1, 0.15) is 10.8 Å². The van der Waals surface area contributed by atoms with E-state index in [1.807, 2.05) is 41.1 Å². The Morgan fingerprint density at radius 3 is 2.95 bits per heavy atom. The van der Waals surface area contributed by atoms with Crippen molar-refractivity contribution in [1.29, 1.82) is 0 Å². The van der Waals surface area contributed by atoms with Gasteiger partial charge in [0.15, 0.2) is 0 Å².